The van der Waals surface area contributed by atoms with Gasteiger partial charge in [0.25, 0.3) is 5.91 Å². The van der Waals surface area contributed by atoms with Crippen LogP contribution in [0.1, 0.15) is 22.8 Å². The maximum Gasteiger partial charge on any atom is 0.256 e. The van der Waals surface area contributed by atoms with Crippen LogP contribution in [-0.4, -0.2) is 35.6 Å². The first-order valence-electron chi connectivity index (χ1n) is 5.11. The number of benzene rings is 1. The molecule has 3 nitrogen and oxygen atoms in total. The Balaban J connectivity index is 2.96. The number of halogens is 1. The second kappa shape index (κ2) is 5.07. The van der Waals surface area contributed by atoms with E-state index in [1.54, 1.807) is 27.0 Å². The van der Waals surface area contributed by atoms with Crippen LogP contribution in [0.3, 0.4) is 0 Å². The molecule has 0 heterocycles. The molecule has 0 fully saturated rings. The number of nitrogens with zero attached hydrogens (tertiary/aromatic N) is 1. The quantitative estimate of drug-likeness (QED) is 0.848. The standard InChI is InChI=1S/C12H16FNO2/c1-8-4-5-10(11(13)6-8)12(16)14(3)9(2)7-15/h4-6,9,15H,7H2,1-3H3/t9-/m1/s1. The summed E-state index contributed by atoms with van der Waals surface area (Å²) in [5.41, 5.74) is 0.806. The lowest BCUT2D eigenvalue weighted by Gasteiger charge is -2.23. The molecule has 0 aliphatic rings. The molecule has 0 aliphatic heterocycles. The van der Waals surface area contributed by atoms with E-state index >= 15 is 0 Å². The monoisotopic (exact) mass is 225 g/mol. The fourth-order valence-corrected chi connectivity index (χ4v) is 1.31. The van der Waals surface area contributed by atoms with Gasteiger partial charge in [0.2, 0.25) is 0 Å². The van der Waals surface area contributed by atoms with Gasteiger partial charge in [-0.25, -0.2) is 4.39 Å². The molecule has 88 valence electrons. The third kappa shape index (κ3) is 2.58. The Bertz CT molecular complexity index is 393. The first-order chi connectivity index (χ1) is 7.47. The molecule has 1 N–H and O–H groups in total. The zero-order valence-corrected chi connectivity index (χ0v) is 9.70. The van der Waals surface area contributed by atoms with Crippen LogP contribution in [0.15, 0.2) is 18.2 Å². The summed E-state index contributed by atoms with van der Waals surface area (Å²) in [5, 5.41) is 8.93. The van der Waals surface area contributed by atoms with E-state index in [9.17, 15) is 9.18 Å². The van der Waals surface area contributed by atoms with Gasteiger partial charge >= 0.3 is 0 Å². The van der Waals surface area contributed by atoms with Gasteiger partial charge in [0.15, 0.2) is 0 Å². The number of carbonyl (C=O) groups excluding carboxylic acids is 1. The Labute approximate surface area is 94.5 Å². The highest BCUT2D eigenvalue weighted by Gasteiger charge is 2.19. The van der Waals surface area contributed by atoms with E-state index in [1.807, 2.05) is 0 Å². The van der Waals surface area contributed by atoms with E-state index < -0.39 is 11.7 Å². The summed E-state index contributed by atoms with van der Waals surface area (Å²) in [6, 6.07) is 4.15. The average molecular weight is 225 g/mol. The predicted octanol–water partition coefficient (Wildman–Crippen LogP) is 1.59. The highest BCUT2D eigenvalue weighted by Crippen LogP contribution is 2.13. The van der Waals surface area contributed by atoms with Gasteiger partial charge in [-0.05, 0) is 31.5 Å². The van der Waals surface area contributed by atoms with Crippen molar-refractivity contribution < 1.29 is 14.3 Å². The Morgan fingerprint density at radius 2 is 2.19 bits per heavy atom. The summed E-state index contributed by atoms with van der Waals surface area (Å²) in [4.78, 5) is 13.2. The van der Waals surface area contributed by atoms with Gasteiger partial charge in [0, 0.05) is 7.05 Å². The fourth-order valence-electron chi connectivity index (χ4n) is 1.31. The lowest BCUT2D eigenvalue weighted by Crippen LogP contribution is -2.37. The number of aryl methyl sites for hydroxylation is 1. The van der Waals surface area contributed by atoms with E-state index in [-0.39, 0.29) is 18.2 Å². The van der Waals surface area contributed by atoms with Crippen molar-refractivity contribution in [2.45, 2.75) is 19.9 Å². The molecule has 0 aliphatic carbocycles. The van der Waals surface area contributed by atoms with Crippen molar-refractivity contribution >= 4 is 5.91 Å². The SMILES string of the molecule is Cc1ccc(C(=O)N(C)[C@H](C)CO)c(F)c1. The van der Waals surface area contributed by atoms with Crippen molar-refractivity contribution in [2.75, 3.05) is 13.7 Å². The van der Waals surface area contributed by atoms with Gasteiger partial charge in [0.05, 0.1) is 18.2 Å². The molecular formula is C12H16FNO2. The summed E-state index contributed by atoms with van der Waals surface area (Å²) in [6.45, 7) is 3.32. The number of aliphatic hydroxyl groups is 1. The van der Waals surface area contributed by atoms with Gasteiger partial charge in [-0.15, -0.1) is 0 Å². The average Bonchev–Trinajstić information content (AvgIpc) is 2.26. The van der Waals surface area contributed by atoms with Gasteiger partial charge in [-0.2, -0.15) is 0 Å². The van der Waals surface area contributed by atoms with Crippen LogP contribution in [0.4, 0.5) is 4.39 Å². The molecule has 0 radical (unpaired) electrons. The molecule has 0 aromatic heterocycles. The minimum atomic E-state index is -0.526. The van der Waals surface area contributed by atoms with Crippen molar-refractivity contribution in [1.82, 2.24) is 4.90 Å². The number of carbonyl (C=O) groups is 1. The first-order valence-corrected chi connectivity index (χ1v) is 5.11. The smallest absolute Gasteiger partial charge is 0.256 e. The predicted molar refractivity (Wildman–Crippen MR) is 59.8 cm³/mol. The van der Waals surface area contributed by atoms with Crippen molar-refractivity contribution in [3.63, 3.8) is 0 Å². The lowest BCUT2D eigenvalue weighted by molar-refractivity contribution is 0.0677. The molecule has 1 amide bonds. The molecule has 1 aromatic carbocycles. The summed E-state index contributed by atoms with van der Waals surface area (Å²) in [5.74, 6) is -0.943. The van der Waals surface area contributed by atoms with E-state index in [1.165, 1.54) is 17.0 Å². The topological polar surface area (TPSA) is 40.5 Å². The Morgan fingerprint density at radius 3 is 2.69 bits per heavy atom. The maximum atomic E-state index is 13.5. The zero-order chi connectivity index (χ0) is 12.3. The Morgan fingerprint density at radius 1 is 1.56 bits per heavy atom. The molecule has 1 atom stereocenters. The molecule has 1 aromatic rings. The normalized spacial score (nSPS) is 12.3. The molecule has 0 spiro atoms. The molecule has 0 bridgehead atoms. The molecule has 1 rings (SSSR count). The number of hydrogen-bond donors (Lipinski definition) is 1. The molecule has 0 saturated carbocycles. The largest absolute Gasteiger partial charge is 0.394 e. The van der Waals surface area contributed by atoms with Crippen LogP contribution in [0.25, 0.3) is 0 Å². The third-order valence-corrected chi connectivity index (χ3v) is 2.60. The molecule has 0 saturated heterocycles. The maximum absolute atomic E-state index is 13.5. The minimum Gasteiger partial charge on any atom is -0.394 e. The number of rotatable bonds is 3. The number of aliphatic hydroxyl groups excluding tert-OH is 1. The Kier molecular flexibility index (Phi) is 4.01. The van der Waals surface area contributed by atoms with E-state index in [0.717, 1.165) is 5.56 Å². The van der Waals surface area contributed by atoms with Crippen LogP contribution in [0.2, 0.25) is 0 Å². The van der Waals surface area contributed by atoms with Crippen molar-refractivity contribution in [2.24, 2.45) is 0 Å². The minimum absolute atomic E-state index is 0.0356. The number of likely N-dealkylation sites (N-methyl/N-ethyl adjacent to an activating group) is 1. The van der Waals surface area contributed by atoms with Gasteiger partial charge < -0.3 is 10.0 Å². The van der Waals surface area contributed by atoms with Crippen LogP contribution in [0, 0.1) is 12.7 Å². The fraction of sp³-hybridized carbons (Fsp3) is 0.417. The highest BCUT2D eigenvalue weighted by atomic mass is 19.1. The number of amides is 1. The summed E-state index contributed by atoms with van der Waals surface area (Å²) < 4.78 is 13.5. The third-order valence-electron chi connectivity index (χ3n) is 2.60. The Hall–Kier alpha value is -1.42. The molecule has 0 unspecified atom stereocenters. The highest BCUT2D eigenvalue weighted by molar-refractivity contribution is 5.94. The van der Waals surface area contributed by atoms with E-state index in [0.29, 0.717) is 0 Å². The van der Waals surface area contributed by atoms with Crippen molar-refractivity contribution in [3.8, 4) is 0 Å². The van der Waals surface area contributed by atoms with Crippen LogP contribution in [-0.2, 0) is 0 Å². The zero-order valence-electron chi connectivity index (χ0n) is 9.70. The number of hydrogen-bond acceptors (Lipinski definition) is 2. The lowest BCUT2D eigenvalue weighted by atomic mass is 10.1. The van der Waals surface area contributed by atoms with E-state index in [2.05, 4.69) is 0 Å². The summed E-state index contributed by atoms with van der Waals surface area (Å²) >= 11 is 0. The van der Waals surface area contributed by atoms with Gasteiger partial charge in [0.1, 0.15) is 5.82 Å². The van der Waals surface area contributed by atoms with Crippen LogP contribution in [0.5, 0.6) is 0 Å². The van der Waals surface area contributed by atoms with E-state index in [4.69, 9.17) is 5.11 Å². The second-order valence-electron chi connectivity index (χ2n) is 3.93. The molecule has 16 heavy (non-hydrogen) atoms. The summed E-state index contributed by atoms with van der Waals surface area (Å²) in [6.07, 6.45) is 0. The van der Waals surface area contributed by atoms with Gasteiger partial charge in [-0.1, -0.05) is 6.07 Å². The second-order valence-corrected chi connectivity index (χ2v) is 3.93. The van der Waals surface area contributed by atoms with Crippen molar-refractivity contribution in [1.29, 1.82) is 0 Å². The van der Waals surface area contributed by atoms with Crippen LogP contribution < -0.4 is 0 Å². The molecular weight excluding hydrogens is 209 g/mol. The van der Waals surface area contributed by atoms with Crippen LogP contribution >= 0.6 is 0 Å². The first kappa shape index (κ1) is 12.6. The molecule has 4 heteroatoms. The van der Waals surface area contributed by atoms with Gasteiger partial charge in [-0.3, -0.25) is 4.79 Å². The van der Waals surface area contributed by atoms with Crippen molar-refractivity contribution in [3.05, 3.63) is 35.1 Å². The summed E-state index contributed by atoms with van der Waals surface area (Å²) in [7, 11) is 1.54.